The molecular weight excluding hydrogens is 271 g/mol. The SMILES string of the molecule is CCNC(C)(CCN(C)c1ccc(F)cc1)C(=O)OCC. The van der Waals surface area contributed by atoms with E-state index in [9.17, 15) is 9.18 Å². The molecule has 1 atom stereocenters. The zero-order valence-corrected chi connectivity index (χ0v) is 13.3. The van der Waals surface area contributed by atoms with Crippen LogP contribution >= 0.6 is 0 Å². The van der Waals surface area contributed by atoms with Crippen molar-refractivity contribution in [2.24, 2.45) is 0 Å². The average Bonchev–Trinajstić information content (AvgIpc) is 2.46. The molecule has 0 aliphatic carbocycles. The number of anilines is 1. The number of benzene rings is 1. The minimum Gasteiger partial charge on any atom is -0.465 e. The molecule has 0 aliphatic rings. The lowest BCUT2D eigenvalue weighted by Gasteiger charge is -2.30. The van der Waals surface area contributed by atoms with Gasteiger partial charge in [-0.2, -0.15) is 0 Å². The van der Waals surface area contributed by atoms with Crippen LogP contribution in [0.15, 0.2) is 24.3 Å². The average molecular weight is 296 g/mol. The van der Waals surface area contributed by atoms with Gasteiger partial charge in [-0.25, -0.2) is 4.39 Å². The van der Waals surface area contributed by atoms with Crippen LogP contribution in [0.4, 0.5) is 10.1 Å². The first-order valence-corrected chi connectivity index (χ1v) is 7.32. The van der Waals surface area contributed by atoms with Gasteiger partial charge in [-0.3, -0.25) is 4.79 Å². The van der Waals surface area contributed by atoms with Crippen LogP contribution in [0.1, 0.15) is 27.2 Å². The fourth-order valence-electron chi connectivity index (χ4n) is 2.16. The Balaban J connectivity index is 2.67. The van der Waals surface area contributed by atoms with Crippen LogP contribution in [0.3, 0.4) is 0 Å². The number of nitrogens with zero attached hydrogens (tertiary/aromatic N) is 1. The van der Waals surface area contributed by atoms with Crippen molar-refractivity contribution in [3.63, 3.8) is 0 Å². The zero-order chi connectivity index (χ0) is 15.9. The van der Waals surface area contributed by atoms with Crippen LogP contribution in [-0.4, -0.2) is 38.3 Å². The Morgan fingerprint density at radius 3 is 2.48 bits per heavy atom. The molecule has 0 radical (unpaired) electrons. The number of ether oxygens (including phenoxy) is 1. The Labute approximate surface area is 126 Å². The summed E-state index contributed by atoms with van der Waals surface area (Å²) in [5.74, 6) is -0.490. The van der Waals surface area contributed by atoms with Crippen LogP contribution in [0.2, 0.25) is 0 Å². The number of esters is 1. The third-order valence-electron chi connectivity index (χ3n) is 3.51. The van der Waals surface area contributed by atoms with E-state index in [0.717, 1.165) is 5.69 Å². The number of carbonyl (C=O) groups excluding carboxylic acids is 1. The molecule has 0 saturated heterocycles. The Morgan fingerprint density at radius 1 is 1.33 bits per heavy atom. The van der Waals surface area contributed by atoms with Crippen LogP contribution in [0, 0.1) is 5.82 Å². The van der Waals surface area contributed by atoms with Crippen molar-refractivity contribution < 1.29 is 13.9 Å². The first kappa shape index (κ1) is 17.4. The van der Waals surface area contributed by atoms with Gasteiger partial charge in [0.15, 0.2) is 0 Å². The molecule has 1 aromatic rings. The number of nitrogens with one attached hydrogen (secondary N) is 1. The highest BCUT2D eigenvalue weighted by atomic mass is 19.1. The van der Waals surface area contributed by atoms with E-state index in [-0.39, 0.29) is 11.8 Å². The first-order valence-electron chi connectivity index (χ1n) is 7.32. The Hall–Kier alpha value is -1.62. The minimum absolute atomic E-state index is 0.237. The fourth-order valence-corrected chi connectivity index (χ4v) is 2.16. The highest BCUT2D eigenvalue weighted by Crippen LogP contribution is 2.17. The van der Waals surface area contributed by atoms with Gasteiger partial charge < -0.3 is 15.0 Å². The summed E-state index contributed by atoms with van der Waals surface area (Å²) in [6.45, 7) is 7.33. The number of rotatable bonds is 8. The molecule has 0 bridgehead atoms. The van der Waals surface area contributed by atoms with E-state index in [1.807, 2.05) is 25.8 Å². The second kappa shape index (κ2) is 7.98. The van der Waals surface area contributed by atoms with Crippen molar-refractivity contribution in [1.29, 1.82) is 0 Å². The van der Waals surface area contributed by atoms with Gasteiger partial charge in [-0.1, -0.05) is 6.92 Å². The van der Waals surface area contributed by atoms with E-state index >= 15 is 0 Å². The predicted molar refractivity (Wildman–Crippen MR) is 83.0 cm³/mol. The van der Waals surface area contributed by atoms with Gasteiger partial charge in [0.2, 0.25) is 0 Å². The predicted octanol–water partition coefficient (Wildman–Crippen LogP) is 2.58. The molecule has 4 nitrogen and oxygen atoms in total. The van der Waals surface area contributed by atoms with E-state index in [4.69, 9.17) is 4.74 Å². The summed E-state index contributed by atoms with van der Waals surface area (Å²) in [7, 11) is 1.92. The summed E-state index contributed by atoms with van der Waals surface area (Å²) in [4.78, 5) is 14.1. The van der Waals surface area contributed by atoms with E-state index in [1.165, 1.54) is 12.1 Å². The maximum absolute atomic E-state index is 12.9. The molecule has 0 aliphatic heterocycles. The molecule has 0 saturated carbocycles. The van der Waals surface area contributed by atoms with Gasteiger partial charge >= 0.3 is 5.97 Å². The summed E-state index contributed by atoms with van der Waals surface area (Å²) in [5, 5.41) is 3.20. The molecule has 0 heterocycles. The highest BCUT2D eigenvalue weighted by molar-refractivity contribution is 5.80. The fraction of sp³-hybridized carbons (Fsp3) is 0.562. The van der Waals surface area contributed by atoms with Crippen molar-refractivity contribution >= 4 is 11.7 Å². The standard InChI is InChI=1S/C16H25FN2O2/c1-5-18-16(3,15(20)21-6-2)11-12-19(4)14-9-7-13(17)8-10-14/h7-10,18H,5-6,11-12H2,1-4H3. The largest absolute Gasteiger partial charge is 0.465 e. The Morgan fingerprint density at radius 2 is 1.95 bits per heavy atom. The summed E-state index contributed by atoms with van der Waals surface area (Å²) in [6.07, 6.45) is 0.605. The van der Waals surface area contributed by atoms with E-state index in [2.05, 4.69) is 5.32 Å². The number of carbonyl (C=O) groups is 1. The molecule has 1 aromatic carbocycles. The monoisotopic (exact) mass is 296 g/mol. The smallest absolute Gasteiger partial charge is 0.326 e. The molecule has 21 heavy (non-hydrogen) atoms. The second-order valence-corrected chi connectivity index (χ2v) is 5.23. The maximum atomic E-state index is 12.9. The first-order chi connectivity index (χ1) is 9.92. The molecule has 5 heteroatoms. The second-order valence-electron chi connectivity index (χ2n) is 5.23. The molecule has 1 unspecified atom stereocenters. The third kappa shape index (κ3) is 5.01. The molecule has 0 amide bonds. The number of halogens is 1. The molecular formula is C16H25FN2O2. The highest BCUT2D eigenvalue weighted by Gasteiger charge is 2.33. The molecule has 0 fully saturated rings. The Bertz CT molecular complexity index is 450. The van der Waals surface area contributed by atoms with Gasteiger partial charge in [-0.15, -0.1) is 0 Å². The number of hydrogen-bond donors (Lipinski definition) is 1. The molecule has 1 N–H and O–H groups in total. The molecule has 0 spiro atoms. The minimum atomic E-state index is -0.709. The summed E-state index contributed by atoms with van der Waals surface area (Å²) in [5.41, 5.74) is 0.207. The van der Waals surface area contributed by atoms with Crippen molar-refractivity contribution in [2.75, 3.05) is 31.6 Å². The van der Waals surface area contributed by atoms with Gasteiger partial charge in [0.25, 0.3) is 0 Å². The quantitative estimate of drug-likeness (QED) is 0.749. The van der Waals surface area contributed by atoms with E-state index in [1.54, 1.807) is 19.1 Å². The van der Waals surface area contributed by atoms with Crippen LogP contribution in [0.5, 0.6) is 0 Å². The van der Waals surface area contributed by atoms with Gasteiger partial charge in [-0.05, 0) is 51.1 Å². The zero-order valence-electron chi connectivity index (χ0n) is 13.3. The number of likely N-dealkylation sites (N-methyl/N-ethyl adjacent to an activating group) is 1. The lowest BCUT2D eigenvalue weighted by molar-refractivity contribution is -0.150. The number of hydrogen-bond acceptors (Lipinski definition) is 4. The van der Waals surface area contributed by atoms with Gasteiger partial charge in [0, 0.05) is 19.3 Å². The van der Waals surface area contributed by atoms with Crippen LogP contribution in [0.25, 0.3) is 0 Å². The van der Waals surface area contributed by atoms with Crippen LogP contribution < -0.4 is 10.2 Å². The van der Waals surface area contributed by atoms with Crippen molar-refractivity contribution in [1.82, 2.24) is 5.32 Å². The molecule has 118 valence electrons. The van der Waals surface area contributed by atoms with E-state index < -0.39 is 5.54 Å². The van der Waals surface area contributed by atoms with E-state index in [0.29, 0.717) is 26.1 Å². The Kier molecular flexibility index (Phi) is 6.62. The topological polar surface area (TPSA) is 41.6 Å². The normalized spacial score (nSPS) is 13.6. The van der Waals surface area contributed by atoms with Crippen molar-refractivity contribution in [2.45, 2.75) is 32.7 Å². The van der Waals surface area contributed by atoms with Crippen LogP contribution in [-0.2, 0) is 9.53 Å². The summed E-state index contributed by atoms with van der Waals surface area (Å²) < 4.78 is 18.1. The lowest BCUT2D eigenvalue weighted by Crippen LogP contribution is -2.52. The third-order valence-corrected chi connectivity index (χ3v) is 3.51. The van der Waals surface area contributed by atoms with Gasteiger partial charge in [0.1, 0.15) is 11.4 Å². The van der Waals surface area contributed by atoms with Gasteiger partial charge in [0.05, 0.1) is 6.61 Å². The summed E-state index contributed by atoms with van der Waals surface area (Å²) in [6, 6.07) is 6.32. The maximum Gasteiger partial charge on any atom is 0.326 e. The molecule has 0 aromatic heterocycles. The van der Waals surface area contributed by atoms with Crippen molar-refractivity contribution in [3.8, 4) is 0 Å². The lowest BCUT2D eigenvalue weighted by atomic mass is 9.97. The van der Waals surface area contributed by atoms with Crippen molar-refractivity contribution in [3.05, 3.63) is 30.1 Å². The summed E-state index contributed by atoms with van der Waals surface area (Å²) >= 11 is 0. The molecule has 1 rings (SSSR count).